The van der Waals surface area contributed by atoms with Crippen molar-refractivity contribution >= 4 is 45.1 Å². The number of nitrogens with one attached hydrogen (secondary N) is 1. The van der Waals surface area contributed by atoms with Crippen molar-refractivity contribution in [2.24, 2.45) is 5.10 Å². The van der Waals surface area contributed by atoms with E-state index >= 15 is 0 Å². The van der Waals surface area contributed by atoms with Crippen molar-refractivity contribution in [2.45, 2.75) is 11.8 Å². The lowest BCUT2D eigenvalue weighted by Crippen LogP contribution is -2.39. The van der Waals surface area contributed by atoms with E-state index in [1.54, 1.807) is 24.3 Å². The van der Waals surface area contributed by atoms with Gasteiger partial charge in [-0.1, -0.05) is 23.7 Å². The minimum atomic E-state index is -4.06. The normalized spacial score (nSPS) is 11.3. The number of rotatable bonds is 10. The molecule has 0 saturated carbocycles. The van der Waals surface area contributed by atoms with Gasteiger partial charge in [0.25, 0.3) is 15.9 Å². The zero-order valence-electron chi connectivity index (χ0n) is 19.7. The van der Waals surface area contributed by atoms with Crippen molar-refractivity contribution in [2.75, 3.05) is 36.5 Å². The molecule has 10 heteroatoms. The largest absolute Gasteiger partial charge is 0.494 e. The number of carbonyl (C=O) groups excluding carboxylic acids is 1. The fourth-order valence-corrected chi connectivity index (χ4v) is 4.67. The van der Waals surface area contributed by atoms with Crippen LogP contribution in [0.25, 0.3) is 0 Å². The molecule has 8 nitrogen and oxygen atoms in total. The maximum absolute atomic E-state index is 13.4. The Morgan fingerprint density at radius 3 is 2.14 bits per heavy atom. The maximum atomic E-state index is 13.4. The number of benzene rings is 3. The van der Waals surface area contributed by atoms with Crippen LogP contribution < -0.4 is 19.4 Å². The molecule has 0 fully saturated rings. The van der Waals surface area contributed by atoms with Gasteiger partial charge in [-0.2, -0.15) is 5.10 Å². The van der Waals surface area contributed by atoms with E-state index in [4.69, 9.17) is 16.3 Å². The molecule has 0 aliphatic heterocycles. The number of nitrogens with zero attached hydrogens (tertiary/aromatic N) is 3. The standard InChI is InChI=1S/C25H27ClN4O4S/c1-4-34-23-13-11-22(12-14-23)30(35(32,33)24-15-7-20(26)8-16-24)18-25(31)28-27-17-19-5-9-21(10-6-19)29(2)3/h5-17H,4,18H2,1-3H3,(H,28,31)/b27-17-. The molecule has 184 valence electrons. The summed E-state index contributed by atoms with van der Waals surface area (Å²) in [7, 11) is -0.181. The highest BCUT2D eigenvalue weighted by Gasteiger charge is 2.27. The average molecular weight is 515 g/mol. The Bertz CT molecular complexity index is 1260. The van der Waals surface area contributed by atoms with Crippen LogP contribution >= 0.6 is 11.6 Å². The van der Waals surface area contributed by atoms with Crippen LogP contribution in [-0.2, 0) is 14.8 Å². The molecule has 1 amide bonds. The van der Waals surface area contributed by atoms with E-state index in [1.807, 2.05) is 50.2 Å². The quantitative estimate of drug-likeness (QED) is 0.324. The number of ether oxygens (including phenoxy) is 1. The molecule has 35 heavy (non-hydrogen) atoms. The predicted molar refractivity (Wildman–Crippen MR) is 140 cm³/mol. The highest BCUT2D eigenvalue weighted by atomic mass is 35.5. The highest BCUT2D eigenvalue weighted by Crippen LogP contribution is 2.26. The molecule has 0 radical (unpaired) electrons. The lowest BCUT2D eigenvalue weighted by Gasteiger charge is -2.24. The van der Waals surface area contributed by atoms with Gasteiger partial charge in [0.1, 0.15) is 12.3 Å². The first-order chi connectivity index (χ1) is 16.7. The number of anilines is 2. The molecule has 0 unspecified atom stereocenters. The molecule has 0 atom stereocenters. The van der Waals surface area contributed by atoms with Gasteiger partial charge in [-0.25, -0.2) is 13.8 Å². The summed E-state index contributed by atoms with van der Waals surface area (Å²) in [6.45, 7) is 1.85. The van der Waals surface area contributed by atoms with E-state index in [9.17, 15) is 13.2 Å². The zero-order valence-corrected chi connectivity index (χ0v) is 21.3. The fraction of sp³-hybridized carbons (Fsp3) is 0.200. The predicted octanol–water partition coefficient (Wildman–Crippen LogP) is 4.15. The molecule has 0 saturated heterocycles. The maximum Gasteiger partial charge on any atom is 0.264 e. The Balaban J connectivity index is 1.80. The summed E-state index contributed by atoms with van der Waals surface area (Å²) in [4.78, 5) is 14.7. The van der Waals surface area contributed by atoms with Gasteiger partial charge in [-0.15, -0.1) is 0 Å². The van der Waals surface area contributed by atoms with Gasteiger partial charge in [-0.05, 0) is 73.2 Å². The van der Waals surface area contributed by atoms with Gasteiger partial charge in [0.15, 0.2) is 0 Å². The number of amides is 1. The summed E-state index contributed by atoms with van der Waals surface area (Å²) in [6, 6.07) is 19.8. The molecule has 0 heterocycles. The van der Waals surface area contributed by atoms with E-state index in [1.165, 1.54) is 30.5 Å². The Morgan fingerprint density at radius 1 is 0.971 bits per heavy atom. The third kappa shape index (κ3) is 6.97. The van der Waals surface area contributed by atoms with Crippen LogP contribution in [0.15, 0.2) is 82.8 Å². The first kappa shape index (κ1) is 26.1. The van der Waals surface area contributed by atoms with Crippen molar-refractivity contribution in [3.63, 3.8) is 0 Å². The second kappa shape index (κ2) is 11.7. The molecule has 1 N–H and O–H groups in total. The van der Waals surface area contributed by atoms with E-state index in [2.05, 4.69) is 10.5 Å². The number of carbonyl (C=O) groups is 1. The molecular formula is C25H27ClN4O4S. The summed E-state index contributed by atoms with van der Waals surface area (Å²) < 4.78 is 33.3. The summed E-state index contributed by atoms with van der Waals surface area (Å²) >= 11 is 5.92. The van der Waals surface area contributed by atoms with Crippen LogP contribution in [0, 0.1) is 0 Å². The highest BCUT2D eigenvalue weighted by molar-refractivity contribution is 7.92. The van der Waals surface area contributed by atoms with Gasteiger partial charge in [0.2, 0.25) is 0 Å². The molecule has 3 aromatic carbocycles. The summed E-state index contributed by atoms with van der Waals surface area (Å²) in [5, 5.41) is 4.38. The van der Waals surface area contributed by atoms with Crippen LogP contribution in [0.2, 0.25) is 5.02 Å². The first-order valence-electron chi connectivity index (χ1n) is 10.8. The average Bonchev–Trinajstić information content (AvgIpc) is 2.84. The minimum absolute atomic E-state index is 0.00747. The Kier molecular flexibility index (Phi) is 8.73. The molecule has 0 aromatic heterocycles. The van der Waals surface area contributed by atoms with Crippen LogP contribution in [0.5, 0.6) is 5.75 Å². The molecule has 0 spiro atoms. The zero-order chi connectivity index (χ0) is 25.4. The number of hydrogen-bond acceptors (Lipinski definition) is 6. The van der Waals surface area contributed by atoms with Gasteiger partial charge >= 0.3 is 0 Å². The number of hydrazone groups is 1. The monoisotopic (exact) mass is 514 g/mol. The fourth-order valence-electron chi connectivity index (χ4n) is 3.13. The smallest absolute Gasteiger partial charge is 0.264 e. The second-order valence-electron chi connectivity index (χ2n) is 7.67. The van der Waals surface area contributed by atoms with Crippen LogP contribution in [0.1, 0.15) is 12.5 Å². The molecule has 0 aliphatic rings. The van der Waals surface area contributed by atoms with Gasteiger partial charge < -0.3 is 9.64 Å². The summed E-state index contributed by atoms with van der Waals surface area (Å²) in [6.07, 6.45) is 1.49. The molecular weight excluding hydrogens is 488 g/mol. The lowest BCUT2D eigenvalue weighted by atomic mass is 10.2. The van der Waals surface area contributed by atoms with Crippen LogP contribution in [0.3, 0.4) is 0 Å². The number of hydrogen-bond donors (Lipinski definition) is 1. The second-order valence-corrected chi connectivity index (χ2v) is 9.97. The Labute approximate surface area is 210 Å². The van der Waals surface area contributed by atoms with Crippen molar-refractivity contribution in [3.8, 4) is 5.75 Å². The molecule has 3 aromatic rings. The Morgan fingerprint density at radius 2 is 1.57 bits per heavy atom. The molecule has 3 rings (SSSR count). The van der Waals surface area contributed by atoms with Crippen LogP contribution in [0.4, 0.5) is 11.4 Å². The molecule has 0 aliphatic carbocycles. The lowest BCUT2D eigenvalue weighted by molar-refractivity contribution is -0.119. The molecule has 0 bridgehead atoms. The third-order valence-electron chi connectivity index (χ3n) is 4.94. The van der Waals surface area contributed by atoms with E-state index in [0.717, 1.165) is 15.6 Å². The van der Waals surface area contributed by atoms with Gasteiger partial charge in [0, 0.05) is 24.8 Å². The van der Waals surface area contributed by atoms with E-state index < -0.39 is 22.5 Å². The third-order valence-corrected chi connectivity index (χ3v) is 6.98. The van der Waals surface area contributed by atoms with Crippen LogP contribution in [-0.4, -0.2) is 47.8 Å². The summed E-state index contributed by atoms with van der Waals surface area (Å²) in [5.74, 6) is -0.00740. The van der Waals surface area contributed by atoms with Crippen molar-refractivity contribution < 1.29 is 17.9 Å². The van der Waals surface area contributed by atoms with Crippen molar-refractivity contribution in [1.29, 1.82) is 0 Å². The van der Waals surface area contributed by atoms with Gasteiger partial charge in [-0.3, -0.25) is 9.10 Å². The number of sulfonamides is 1. The number of halogens is 1. The SMILES string of the molecule is CCOc1ccc(N(CC(=O)N/N=C\c2ccc(N(C)C)cc2)S(=O)(=O)c2ccc(Cl)cc2)cc1. The first-order valence-corrected chi connectivity index (χ1v) is 12.6. The topological polar surface area (TPSA) is 91.3 Å². The van der Waals surface area contributed by atoms with Crippen molar-refractivity contribution in [3.05, 3.63) is 83.4 Å². The minimum Gasteiger partial charge on any atom is -0.494 e. The van der Waals surface area contributed by atoms with Gasteiger partial charge in [0.05, 0.1) is 23.4 Å². The van der Waals surface area contributed by atoms with Crippen molar-refractivity contribution in [1.82, 2.24) is 5.43 Å². The Hall–Kier alpha value is -3.56. The summed E-state index contributed by atoms with van der Waals surface area (Å²) in [5.41, 5.74) is 4.53. The van der Waals surface area contributed by atoms with E-state index in [0.29, 0.717) is 23.1 Å². The van der Waals surface area contributed by atoms with E-state index in [-0.39, 0.29) is 4.90 Å².